The highest BCUT2D eigenvalue weighted by molar-refractivity contribution is 5.85. The molecule has 0 radical (unpaired) electrons. The van der Waals surface area contributed by atoms with Crippen LogP contribution in [0.1, 0.15) is 25.8 Å². The summed E-state index contributed by atoms with van der Waals surface area (Å²) < 4.78 is 42.9. The number of aliphatic hydroxyl groups is 1. The van der Waals surface area contributed by atoms with Gasteiger partial charge >= 0.3 is 6.18 Å². The minimum Gasteiger partial charge on any atom is -0.491 e. The molecule has 1 aromatic carbocycles. The van der Waals surface area contributed by atoms with Crippen molar-refractivity contribution in [2.45, 2.75) is 38.6 Å². The third-order valence-electron chi connectivity index (χ3n) is 3.68. The van der Waals surface area contributed by atoms with E-state index in [2.05, 4.69) is 5.32 Å². The van der Waals surface area contributed by atoms with Crippen LogP contribution < -0.4 is 15.8 Å². The molecule has 0 bridgehead atoms. The van der Waals surface area contributed by atoms with Crippen LogP contribution in [-0.2, 0) is 11.0 Å². The molecule has 0 spiro atoms. The molecule has 0 fully saturated rings. The maximum Gasteiger partial charge on any atom is 0.416 e. The van der Waals surface area contributed by atoms with Gasteiger partial charge in [-0.1, -0.05) is 26.3 Å². The van der Waals surface area contributed by atoms with Gasteiger partial charge in [-0.15, -0.1) is 12.4 Å². The van der Waals surface area contributed by atoms with Gasteiger partial charge in [-0.2, -0.15) is 13.2 Å². The lowest BCUT2D eigenvalue weighted by Crippen LogP contribution is -2.47. The molecular formula is C16H24ClF3N2O3. The molecule has 0 aromatic heterocycles. The minimum atomic E-state index is -4.46. The average molecular weight is 385 g/mol. The van der Waals surface area contributed by atoms with Crippen molar-refractivity contribution < 1.29 is 27.8 Å². The number of amides is 1. The van der Waals surface area contributed by atoms with Crippen molar-refractivity contribution in [2.75, 3.05) is 13.2 Å². The zero-order chi connectivity index (χ0) is 18.3. The minimum absolute atomic E-state index is 0. The van der Waals surface area contributed by atoms with Gasteiger partial charge in [-0.3, -0.25) is 4.79 Å². The van der Waals surface area contributed by atoms with E-state index >= 15 is 0 Å². The highest BCUT2D eigenvalue weighted by Gasteiger charge is 2.30. The van der Waals surface area contributed by atoms with E-state index < -0.39 is 23.9 Å². The second-order valence-corrected chi connectivity index (χ2v) is 5.65. The predicted octanol–water partition coefficient (Wildman–Crippen LogP) is 2.36. The van der Waals surface area contributed by atoms with E-state index in [0.717, 1.165) is 18.6 Å². The first kappa shape index (κ1) is 23.5. The Kier molecular flexibility index (Phi) is 9.84. The van der Waals surface area contributed by atoms with E-state index in [4.69, 9.17) is 10.5 Å². The largest absolute Gasteiger partial charge is 0.491 e. The van der Waals surface area contributed by atoms with Crippen molar-refractivity contribution in [3.63, 3.8) is 0 Å². The number of alkyl halides is 3. The Morgan fingerprint density at radius 1 is 1.40 bits per heavy atom. The molecule has 0 saturated carbocycles. The Morgan fingerprint density at radius 3 is 2.60 bits per heavy atom. The maximum absolute atomic E-state index is 12.6. The second kappa shape index (κ2) is 10.5. The Bertz CT molecular complexity index is 544. The zero-order valence-electron chi connectivity index (χ0n) is 14.0. The van der Waals surface area contributed by atoms with E-state index in [1.54, 1.807) is 0 Å². The van der Waals surface area contributed by atoms with Crippen molar-refractivity contribution in [1.82, 2.24) is 5.32 Å². The predicted molar refractivity (Wildman–Crippen MR) is 90.6 cm³/mol. The van der Waals surface area contributed by atoms with Crippen LogP contribution in [0.4, 0.5) is 13.2 Å². The molecular weight excluding hydrogens is 361 g/mol. The Labute approximate surface area is 151 Å². The SMILES string of the molecule is CCC(C)C(N)C(=O)NCC(O)COc1cccc(C(F)(F)F)c1.Cl. The topological polar surface area (TPSA) is 84.6 Å². The molecule has 0 aliphatic carbocycles. The fourth-order valence-electron chi connectivity index (χ4n) is 1.86. The normalized spacial score (nSPS) is 14.8. The quantitative estimate of drug-likeness (QED) is 0.642. The Morgan fingerprint density at radius 2 is 2.04 bits per heavy atom. The number of nitrogens with one attached hydrogen (secondary N) is 1. The molecule has 25 heavy (non-hydrogen) atoms. The van der Waals surface area contributed by atoms with E-state index in [1.807, 2.05) is 13.8 Å². The van der Waals surface area contributed by atoms with Crippen LogP contribution in [0.3, 0.4) is 0 Å². The maximum atomic E-state index is 12.6. The first-order chi connectivity index (χ1) is 11.1. The number of nitrogens with two attached hydrogens (primary N) is 1. The third-order valence-corrected chi connectivity index (χ3v) is 3.68. The summed E-state index contributed by atoms with van der Waals surface area (Å²) in [5, 5.41) is 12.3. The summed E-state index contributed by atoms with van der Waals surface area (Å²) in [4.78, 5) is 11.8. The molecule has 3 atom stereocenters. The van der Waals surface area contributed by atoms with Crippen molar-refractivity contribution in [1.29, 1.82) is 0 Å². The summed E-state index contributed by atoms with van der Waals surface area (Å²) in [5.74, 6) is -0.391. The molecule has 3 unspecified atom stereocenters. The lowest BCUT2D eigenvalue weighted by molar-refractivity contribution is -0.137. The number of carbonyl (C=O) groups is 1. The molecule has 1 aromatic rings. The molecule has 5 nitrogen and oxygen atoms in total. The van der Waals surface area contributed by atoms with E-state index in [1.165, 1.54) is 12.1 Å². The summed E-state index contributed by atoms with van der Waals surface area (Å²) in [6, 6.07) is 3.69. The van der Waals surface area contributed by atoms with Gasteiger partial charge in [-0.05, 0) is 24.1 Å². The molecule has 1 rings (SSSR count). The van der Waals surface area contributed by atoms with Crippen LogP contribution in [0.25, 0.3) is 0 Å². The number of halogens is 4. The number of hydrogen-bond donors (Lipinski definition) is 3. The fourth-order valence-corrected chi connectivity index (χ4v) is 1.86. The van der Waals surface area contributed by atoms with Gasteiger partial charge in [0.25, 0.3) is 0 Å². The molecule has 0 saturated heterocycles. The molecule has 144 valence electrons. The summed E-state index contributed by atoms with van der Waals surface area (Å²) in [7, 11) is 0. The van der Waals surface area contributed by atoms with Crippen LogP contribution in [0.15, 0.2) is 24.3 Å². The molecule has 0 aliphatic rings. The third kappa shape index (κ3) is 7.94. The molecule has 9 heteroatoms. The summed E-state index contributed by atoms with van der Waals surface area (Å²) in [6.45, 7) is 3.41. The monoisotopic (exact) mass is 384 g/mol. The van der Waals surface area contributed by atoms with Crippen molar-refractivity contribution in [3.8, 4) is 5.75 Å². The lowest BCUT2D eigenvalue weighted by Gasteiger charge is -2.19. The first-order valence-electron chi connectivity index (χ1n) is 7.66. The van der Waals surface area contributed by atoms with E-state index in [9.17, 15) is 23.1 Å². The van der Waals surface area contributed by atoms with Crippen molar-refractivity contribution in [3.05, 3.63) is 29.8 Å². The van der Waals surface area contributed by atoms with E-state index in [0.29, 0.717) is 0 Å². The number of rotatable bonds is 8. The van der Waals surface area contributed by atoms with Crippen molar-refractivity contribution >= 4 is 18.3 Å². The van der Waals surface area contributed by atoms with Crippen LogP contribution in [-0.4, -0.2) is 36.3 Å². The zero-order valence-corrected chi connectivity index (χ0v) is 14.9. The van der Waals surface area contributed by atoms with Crippen molar-refractivity contribution in [2.24, 2.45) is 11.7 Å². The molecule has 0 aliphatic heterocycles. The second-order valence-electron chi connectivity index (χ2n) is 5.65. The summed E-state index contributed by atoms with van der Waals surface area (Å²) >= 11 is 0. The molecule has 0 heterocycles. The van der Waals surface area contributed by atoms with Gasteiger partial charge in [0.15, 0.2) is 0 Å². The highest BCUT2D eigenvalue weighted by Crippen LogP contribution is 2.31. The Balaban J connectivity index is 0.00000576. The molecule has 1 amide bonds. The summed E-state index contributed by atoms with van der Waals surface area (Å²) in [6.07, 6.45) is -4.78. The van der Waals surface area contributed by atoms with Gasteiger partial charge in [0.1, 0.15) is 18.5 Å². The first-order valence-corrected chi connectivity index (χ1v) is 7.66. The summed E-state index contributed by atoms with van der Waals surface area (Å²) in [5.41, 5.74) is 4.92. The lowest BCUT2D eigenvalue weighted by atomic mass is 9.99. The fraction of sp³-hybridized carbons (Fsp3) is 0.562. The number of benzene rings is 1. The van der Waals surface area contributed by atoms with Gasteiger partial charge in [-0.25, -0.2) is 0 Å². The van der Waals surface area contributed by atoms with E-state index in [-0.39, 0.29) is 43.1 Å². The number of ether oxygens (including phenoxy) is 1. The van der Waals surface area contributed by atoms with Gasteiger partial charge in [0, 0.05) is 6.54 Å². The number of aliphatic hydroxyl groups excluding tert-OH is 1. The van der Waals surface area contributed by atoms with Gasteiger partial charge in [0.05, 0.1) is 11.6 Å². The standard InChI is InChI=1S/C16H23F3N2O3.ClH/c1-3-10(2)14(20)15(23)21-8-12(22)9-24-13-6-4-5-11(7-13)16(17,18)19;/h4-7,10,12,14,22H,3,8-9,20H2,1-2H3,(H,21,23);1H. The average Bonchev–Trinajstić information content (AvgIpc) is 2.55. The van der Waals surface area contributed by atoms with Crippen LogP contribution in [0, 0.1) is 5.92 Å². The Hall–Kier alpha value is -1.51. The van der Waals surface area contributed by atoms with Gasteiger partial charge in [0.2, 0.25) is 5.91 Å². The number of carbonyl (C=O) groups excluding carboxylic acids is 1. The van der Waals surface area contributed by atoms with Crippen LogP contribution in [0.5, 0.6) is 5.75 Å². The van der Waals surface area contributed by atoms with Crippen LogP contribution in [0.2, 0.25) is 0 Å². The number of hydrogen-bond acceptors (Lipinski definition) is 4. The smallest absolute Gasteiger partial charge is 0.416 e. The van der Waals surface area contributed by atoms with Crippen LogP contribution >= 0.6 is 12.4 Å². The molecule has 4 N–H and O–H groups in total. The highest BCUT2D eigenvalue weighted by atomic mass is 35.5. The van der Waals surface area contributed by atoms with Gasteiger partial charge < -0.3 is 20.9 Å².